The molecule has 1 aromatic rings. The molecule has 110 valence electrons. The number of halogens is 1. The fourth-order valence-corrected chi connectivity index (χ4v) is 3.14. The molecule has 0 saturated heterocycles. The van der Waals surface area contributed by atoms with Crippen molar-refractivity contribution < 1.29 is 23.2 Å². The summed E-state index contributed by atoms with van der Waals surface area (Å²) in [6.45, 7) is 1.67. The minimum atomic E-state index is -4.02. The molecule has 1 atom stereocenters. The maximum Gasteiger partial charge on any atom is 0.335 e. The molecule has 1 aromatic carbocycles. The highest BCUT2D eigenvalue weighted by atomic mass is 35.5. The second-order valence-corrected chi connectivity index (χ2v) is 6.68. The van der Waals surface area contributed by atoms with Crippen molar-refractivity contribution in [3.05, 3.63) is 28.8 Å². The number of benzene rings is 1. The van der Waals surface area contributed by atoms with Crippen molar-refractivity contribution in [1.82, 2.24) is 4.89 Å². The first-order valence-electron chi connectivity index (χ1n) is 5.98. The van der Waals surface area contributed by atoms with E-state index in [4.69, 9.17) is 21.5 Å². The third-order valence-electron chi connectivity index (χ3n) is 3.02. The fraction of sp³-hybridized carbons (Fsp3) is 0.417. The monoisotopic (exact) mass is 319 g/mol. The average molecular weight is 320 g/mol. The first kappa shape index (κ1) is 15.2. The van der Waals surface area contributed by atoms with Crippen LogP contribution in [0.1, 0.15) is 18.4 Å². The molecule has 8 heteroatoms. The van der Waals surface area contributed by atoms with E-state index >= 15 is 0 Å². The molecular formula is C12H14ClNO5S. The third-order valence-corrected chi connectivity index (χ3v) is 4.87. The van der Waals surface area contributed by atoms with Gasteiger partial charge in [-0.15, -0.1) is 0 Å². The zero-order valence-electron chi connectivity index (χ0n) is 10.7. The van der Waals surface area contributed by atoms with E-state index in [-0.39, 0.29) is 15.8 Å². The number of hydrogen-bond acceptors (Lipinski definition) is 4. The number of carboxylic acid groups (broad SMARTS) is 1. The summed E-state index contributed by atoms with van der Waals surface area (Å²) < 4.78 is 24.1. The van der Waals surface area contributed by atoms with Crippen LogP contribution >= 0.6 is 11.6 Å². The van der Waals surface area contributed by atoms with Crippen molar-refractivity contribution in [1.29, 1.82) is 0 Å². The van der Waals surface area contributed by atoms with Crippen molar-refractivity contribution in [2.24, 2.45) is 5.92 Å². The largest absolute Gasteiger partial charge is 0.479 e. The molecule has 0 radical (unpaired) electrons. The second kappa shape index (κ2) is 5.69. The van der Waals surface area contributed by atoms with Gasteiger partial charge in [-0.25, -0.2) is 13.2 Å². The van der Waals surface area contributed by atoms with Crippen LogP contribution in [-0.2, 0) is 19.7 Å². The first-order chi connectivity index (χ1) is 9.33. The van der Waals surface area contributed by atoms with Gasteiger partial charge in [0, 0.05) is 0 Å². The second-order valence-electron chi connectivity index (χ2n) is 4.69. The van der Waals surface area contributed by atoms with E-state index in [2.05, 4.69) is 0 Å². The maximum atomic E-state index is 12.1. The number of nitrogens with one attached hydrogen (secondary N) is 1. The van der Waals surface area contributed by atoms with Gasteiger partial charge in [-0.3, -0.25) is 4.84 Å². The van der Waals surface area contributed by atoms with E-state index in [1.165, 1.54) is 6.07 Å². The Balaban J connectivity index is 2.15. The number of carbonyl (C=O) groups is 1. The summed E-state index contributed by atoms with van der Waals surface area (Å²) >= 11 is 5.94. The van der Waals surface area contributed by atoms with Gasteiger partial charge in [-0.05, 0) is 37.3 Å². The number of aliphatic carboxylic acids is 1. The summed E-state index contributed by atoms with van der Waals surface area (Å²) in [5.74, 6) is -1.34. The number of carboxylic acids is 1. The van der Waals surface area contributed by atoms with Crippen LogP contribution in [0.5, 0.6) is 0 Å². The van der Waals surface area contributed by atoms with E-state index in [1.54, 1.807) is 19.1 Å². The van der Waals surface area contributed by atoms with Crippen molar-refractivity contribution in [3.8, 4) is 0 Å². The molecule has 0 heterocycles. The standard InChI is InChI=1S/C12H14ClNO5S/c1-7-3-2-4-9(10(7)13)20(17,18)14-19-11(12(15)16)8-5-6-8/h2-4,8,11,14H,5-6H2,1H3,(H,15,16). The highest BCUT2D eigenvalue weighted by Gasteiger charge is 2.38. The Hall–Kier alpha value is -1.15. The van der Waals surface area contributed by atoms with E-state index in [1.807, 2.05) is 4.89 Å². The molecule has 1 saturated carbocycles. The van der Waals surface area contributed by atoms with Gasteiger partial charge in [0.2, 0.25) is 0 Å². The fourth-order valence-electron chi connectivity index (χ4n) is 1.74. The van der Waals surface area contributed by atoms with Gasteiger partial charge >= 0.3 is 5.97 Å². The molecule has 2 N–H and O–H groups in total. The van der Waals surface area contributed by atoms with Crippen molar-refractivity contribution >= 4 is 27.6 Å². The Labute approximate surface area is 121 Å². The zero-order chi connectivity index (χ0) is 14.9. The van der Waals surface area contributed by atoms with E-state index in [9.17, 15) is 13.2 Å². The lowest BCUT2D eigenvalue weighted by Crippen LogP contribution is -2.35. The Bertz CT molecular complexity index is 627. The minimum absolute atomic E-state index is 0.0851. The van der Waals surface area contributed by atoms with Crippen LogP contribution in [0, 0.1) is 12.8 Å². The molecule has 0 aliphatic heterocycles. The SMILES string of the molecule is Cc1cccc(S(=O)(=O)NOC(C(=O)O)C2CC2)c1Cl. The van der Waals surface area contributed by atoms with Crippen molar-refractivity contribution in [2.45, 2.75) is 30.8 Å². The topological polar surface area (TPSA) is 92.7 Å². The molecule has 1 aliphatic rings. The number of hydrogen-bond donors (Lipinski definition) is 2. The smallest absolute Gasteiger partial charge is 0.335 e. The molecule has 0 spiro atoms. The van der Waals surface area contributed by atoms with Gasteiger partial charge in [-0.2, -0.15) is 0 Å². The lowest BCUT2D eigenvalue weighted by Gasteiger charge is -2.14. The minimum Gasteiger partial charge on any atom is -0.479 e. The molecule has 1 unspecified atom stereocenters. The Morgan fingerprint density at radius 1 is 1.50 bits per heavy atom. The van der Waals surface area contributed by atoms with Crippen molar-refractivity contribution in [2.75, 3.05) is 0 Å². The van der Waals surface area contributed by atoms with Gasteiger partial charge in [0.25, 0.3) is 10.0 Å². The summed E-state index contributed by atoms with van der Waals surface area (Å²) in [5, 5.41) is 9.05. The number of rotatable bonds is 6. The van der Waals surface area contributed by atoms with Crippen LogP contribution in [0.4, 0.5) is 0 Å². The quantitative estimate of drug-likeness (QED) is 0.779. The van der Waals surface area contributed by atoms with Gasteiger partial charge < -0.3 is 5.11 Å². The lowest BCUT2D eigenvalue weighted by molar-refractivity contribution is -0.154. The molecule has 20 heavy (non-hydrogen) atoms. The molecular weight excluding hydrogens is 306 g/mol. The van der Waals surface area contributed by atoms with Gasteiger partial charge in [0.05, 0.1) is 5.02 Å². The van der Waals surface area contributed by atoms with E-state index < -0.39 is 22.1 Å². The normalized spacial score (nSPS) is 16.9. The first-order valence-corrected chi connectivity index (χ1v) is 7.84. The third kappa shape index (κ3) is 3.29. The van der Waals surface area contributed by atoms with Crippen LogP contribution in [0.15, 0.2) is 23.1 Å². The highest BCUT2D eigenvalue weighted by Crippen LogP contribution is 2.34. The molecule has 6 nitrogen and oxygen atoms in total. The summed E-state index contributed by atoms with van der Waals surface area (Å²) in [5.41, 5.74) is 0.603. The summed E-state index contributed by atoms with van der Waals surface area (Å²) in [6.07, 6.45) is 0.252. The van der Waals surface area contributed by atoms with Gasteiger partial charge in [0.15, 0.2) is 6.10 Å². The summed E-state index contributed by atoms with van der Waals surface area (Å²) in [7, 11) is -4.02. The molecule has 0 bridgehead atoms. The highest BCUT2D eigenvalue weighted by molar-refractivity contribution is 7.89. The predicted octanol–water partition coefficient (Wildman–Crippen LogP) is 1.72. The summed E-state index contributed by atoms with van der Waals surface area (Å²) in [6, 6.07) is 4.55. The number of sulfonamides is 1. The van der Waals surface area contributed by atoms with Crippen molar-refractivity contribution in [3.63, 3.8) is 0 Å². The molecule has 2 rings (SSSR count). The maximum absolute atomic E-state index is 12.1. The predicted molar refractivity (Wildman–Crippen MR) is 71.7 cm³/mol. The van der Waals surface area contributed by atoms with Crippen LogP contribution < -0.4 is 4.89 Å². The Morgan fingerprint density at radius 2 is 2.15 bits per heavy atom. The zero-order valence-corrected chi connectivity index (χ0v) is 12.2. The Kier molecular flexibility index (Phi) is 4.33. The van der Waals surface area contributed by atoms with E-state index in [0.717, 1.165) is 0 Å². The average Bonchev–Trinajstić information content (AvgIpc) is 3.16. The van der Waals surface area contributed by atoms with Crippen LogP contribution in [0.3, 0.4) is 0 Å². The van der Waals surface area contributed by atoms with E-state index in [0.29, 0.717) is 18.4 Å². The summed E-state index contributed by atoms with van der Waals surface area (Å²) in [4.78, 5) is 17.5. The molecule has 0 amide bonds. The molecule has 1 aliphatic carbocycles. The Morgan fingerprint density at radius 3 is 2.70 bits per heavy atom. The van der Waals surface area contributed by atoms with Crippen LogP contribution in [0.2, 0.25) is 5.02 Å². The van der Waals surface area contributed by atoms with Gasteiger partial charge in [0.1, 0.15) is 4.90 Å². The molecule has 1 fully saturated rings. The van der Waals surface area contributed by atoms with Crippen LogP contribution in [-0.4, -0.2) is 25.6 Å². The number of aryl methyl sites for hydroxylation is 1. The van der Waals surface area contributed by atoms with Crippen LogP contribution in [0.25, 0.3) is 0 Å². The molecule has 0 aromatic heterocycles. The van der Waals surface area contributed by atoms with Gasteiger partial charge in [-0.1, -0.05) is 28.6 Å². The lowest BCUT2D eigenvalue weighted by atomic mass is 10.2.